The molecule has 0 aliphatic carbocycles. The van der Waals surface area contributed by atoms with Gasteiger partial charge < -0.3 is 25.0 Å². The minimum atomic E-state index is -0.514. The fourth-order valence-electron chi connectivity index (χ4n) is 6.47. The molecule has 42 heavy (non-hydrogen) atoms. The van der Waals surface area contributed by atoms with Crippen LogP contribution in [0.1, 0.15) is 64.7 Å². The van der Waals surface area contributed by atoms with Gasteiger partial charge in [-0.15, -0.1) is 22.6 Å². The number of rotatable bonds is 12. The number of carbonyl (C=O) groups excluding carboxylic acids is 1. The molecule has 1 aromatic carbocycles. The van der Waals surface area contributed by atoms with E-state index in [4.69, 9.17) is 4.74 Å². The number of hydrogen-bond acceptors (Lipinski definition) is 9. The number of ether oxygens (including phenoxy) is 1. The van der Waals surface area contributed by atoms with Gasteiger partial charge in [0.15, 0.2) is 5.82 Å². The van der Waals surface area contributed by atoms with Gasteiger partial charge in [-0.3, -0.25) is 9.69 Å². The van der Waals surface area contributed by atoms with Crippen LogP contribution in [0, 0.1) is 17.2 Å². The Morgan fingerprint density at radius 1 is 1.17 bits per heavy atom. The summed E-state index contributed by atoms with van der Waals surface area (Å²) < 4.78 is 20.5. The first kappa shape index (κ1) is 33.9. The first-order valence-corrected chi connectivity index (χ1v) is 14.7. The van der Waals surface area contributed by atoms with Crippen LogP contribution in [0.15, 0.2) is 24.5 Å². The third-order valence-corrected chi connectivity index (χ3v) is 8.30. The molecule has 0 bridgehead atoms. The van der Waals surface area contributed by atoms with Gasteiger partial charge >= 0.3 is 0 Å². The van der Waals surface area contributed by atoms with E-state index in [9.17, 15) is 14.3 Å². The third-order valence-electron chi connectivity index (χ3n) is 8.30. The number of likely N-dealkylation sites (tertiary alicyclic amines) is 1. The molecule has 2 saturated heterocycles. The van der Waals surface area contributed by atoms with Crippen molar-refractivity contribution in [1.82, 2.24) is 30.3 Å². The number of amides is 1. The maximum atomic E-state index is 14.3. The molecule has 4 rings (SSSR count). The van der Waals surface area contributed by atoms with Crippen molar-refractivity contribution in [2.45, 2.75) is 78.6 Å². The van der Waals surface area contributed by atoms with E-state index in [0.29, 0.717) is 24.3 Å². The van der Waals surface area contributed by atoms with Gasteiger partial charge in [-0.25, -0.2) is 9.37 Å². The second-order valence-corrected chi connectivity index (χ2v) is 12.6. The number of carbonyl (C=O) groups is 1. The van der Waals surface area contributed by atoms with E-state index in [-0.39, 0.29) is 59.1 Å². The van der Waals surface area contributed by atoms with E-state index in [1.807, 2.05) is 34.7 Å². The first-order chi connectivity index (χ1) is 19.4. The molecule has 2 aromatic rings. The van der Waals surface area contributed by atoms with E-state index in [0.717, 1.165) is 39.0 Å². The van der Waals surface area contributed by atoms with Crippen LogP contribution in [0.4, 0.5) is 10.2 Å². The van der Waals surface area contributed by atoms with Crippen LogP contribution in [0.3, 0.4) is 0 Å². The summed E-state index contributed by atoms with van der Waals surface area (Å²) in [6, 6.07) is 4.13. The Kier molecular flexibility index (Phi) is 11.5. The Morgan fingerprint density at radius 3 is 2.48 bits per heavy atom. The summed E-state index contributed by atoms with van der Waals surface area (Å²) in [6.07, 6.45) is 2.78. The van der Waals surface area contributed by atoms with Gasteiger partial charge in [0.2, 0.25) is 0 Å². The van der Waals surface area contributed by atoms with Crippen LogP contribution in [-0.4, -0.2) is 100.0 Å². The van der Waals surface area contributed by atoms with Crippen molar-refractivity contribution < 1.29 is 19.0 Å². The molecular formula is C30H47ClFN7O3. The summed E-state index contributed by atoms with van der Waals surface area (Å²) in [6.45, 7) is 16.3. The SMILES string of the molecule is CNCC(O)CC(C(C)C)N1CC2(CCN(c3ncnnc3Oc3ccc(F)cc3C(=O)N(C(C)C)C(C)C)C2)C1.Cl. The summed E-state index contributed by atoms with van der Waals surface area (Å²) in [5.41, 5.74) is 0.270. The van der Waals surface area contributed by atoms with Crippen LogP contribution < -0.4 is 15.0 Å². The fraction of sp³-hybridized carbons (Fsp3) is 0.667. The van der Waals surface area contributed by atoms with Gasteiger partial charge in [-0.1, -0.05) is 13.8 Å². The zero-order chi connectivity index (χ0) is 29.9. The van der Waals surface area contributed by atoms with E-state index in [1.165, 1.54) is 24.5 Å². The molecule has 2 N–H and O–H groups in total. The van der Waals surface area contributed by atoms with E-state index >= 15 is 0 Å². The highest BCUT2D eigenvalue weighted by Gasteiger charge is 2.50. The summed E-state index contributed by atoms with van der Waals surface area (Å²) in [7, 11) is 1.86. The van der Waals surface area contributed by atoms with Crippen molar-refractivity contribution in [1.29, 1.82) is 0 Å². The molecule has 10 nitrogen and oxygen atoms in total. The molecule has 1 spiro atoms. The quantitative estimate of drug-likeness (QED) is 0.370. The van der Waals surface area contributed by atoms with Crippen molar-refractivity contribution >= 4 is 24.1 Å². The number of aromatic nitrogens is 3. The number of benzene rings is 1. The van der Waals surface area contributed by atoms with E-state index in [1.54, 1.807) is 4.90 Å². The molecular weight excluding hydrogens is 561 g/mol. The molecule has 2 fully saturated rings. The average Bonchev–Trinajstić information content (AvgIpc) is 3.33. The Morgan fingerprint density at radius 2 is 1.86 bits per heavy atom. The molecule has 3 heterocycles. The van der Waals surface area contributed by atoms with Crippen molar-refractivity contribution in [3.8, 4) is 11.6 Å². The fourth-order valence-corrected chi connectivity index (χ4v) is 6.47. The number of aliphatic hydroxyl groups is 1. The zero-order valence-corrected chi connectivity index (χ0v) is 26.7. The van der Waals surface area contributed by atoms with Crippen LogP contribution >= 0.6 is 12.4 Å². The molecule has 0 radical (unpaired) electrons. The molecule has 12 heteroatoms. The third kappa shape index (κ3) is 7.48. The highest BCUT2D eigenvalue weighted by molar-refractivity contribution is 5.97. The Labute approximate surface area is 255 Å². The Balaban J connectivity index is 0.00000484. The number of anilines is 1. The number of hydrogen-bond donors (Lipinski definition) is 2. The number of aliphatic hydroxyl groups excluding tert-OH is 1. The van der Waals surface area contributed by atoms with Gasteiger partial charge in [0.25, 0.3) is 11.8 Å². The first-order valence-electron chi connectivity index (χ1n) is 14.7. The van der Waals surface area contributed by atoms with Gasteiger partial charge in [-0.2, -0.15) is 0 Å². The predicted molar refractivity (Wildman–Crippen MR) is 164 cm³/mol. The maximum Gasteiger partial charge on any atom is 0.282 e. The van der Waals surface area contributed by atoms with Crippen LogP contribution in [0.25, 0.3) is 0 Å². The Hall–Kier alpha value is -2.60. The average molecular weight is 608 g/mol. The second kappa shape index (κ2) is 14.2. The highest BCUT2D eigenvalue weighted by Crippen LogP contribution is 2.44. The number of likely N-dealkylation sites (N-methyl/N-ethyl adjacent to an activating group) is 1. The van der Waals surface area contributed by atoms with Gasteiger partial charge in [0, 0.05) is 56.3 Å². The molecule has 2 aliphatic rings. The normalized spacial score (nSPS) is 17.9. The van der Waals surface area contributed by atoms with Gasteiger partial charge in [0.1, 0.15) is 17.9 Å². The molecule has 1 amide bonds. The van der Waals surface area contributed by atoms with Gasteiger partial charge in [-0.05, 0) is 71.7 Å². The van der Waals surface area contributed by atoms with Crippen molar-refractivity contribution in [3.63, 3.8) is 0 Å². The smallest absolute Gasteiger partial charge is 0.282 e. The van der Waals surface area contributed by atoms with E-state index in [2.05, 4.69) is 44.1 Å². The minimum Gasteiger partial charge on any atom is -0.434 e. The summed E-state index contributed by atoms with van der Waals surface area (Å²) in [5, 5.41) is 21.6. The number of nitrogens with zero attached hydrogens (tertiary/aromatic N) is 6. The monoisotopic (exact) mass is 607 g/mol. The summed E-state index contributed by atoms with van der Waals surface area (Å²) >= 11 is 0. The van der Waals surface area contributed by atoms with Crippen LogP contribution in [0.5, 0.6) is 11.6 Å². The zero-order valence-electron chi connectivity index (χ0n) is 25.9. The van der Waals surface area contributed by atoms with Crippen molar-refractivity contribution in [2.75, 3.05) is 44.7 Å². The lowest BCUT2D eigenvalue weighted by Gasteiger charge is -2.53. The topological polar surface area (TPSA) is 107 Å². The highest BCUT2D eigenvalue weighted by atomic mass is 35.5. The molecule has 1 aromatic heterocycles. The summed E-state index contributed by atoms with van der Waals surface area (Å²) in [5.74, 6) is 0.592. The van der Waals surface area contributed by atoms with Crippen LogP contribution in [0.2, 0.25) is 0 Å². The number of halogens is 2. The van der Waals surface area contributed by atoms with E-state index < -0.39 is 5.82 Å². The standard InChI is InChI=1S/C30H46FN7O3.ClH/c1-19(2)25(13-23(39)14-32-7)37-16-30(17-37)10-11-36(15-30)27-28(35-34-18-33-27)41-26-9-8-22(31)12-24(26)29(40)38(20(3)4)21(5)6;/h8-9,12,18-21,23,25,32,39H,10-11,13-17H2,1-7H3;1H. The Bertz CT molecular complexity index is 1190. The van der Waals surface area contributed by atoms with Gasteiger partial charge in [0.05, 0.1) is 11.7 Å². The number of nitrogens with one attached hydrogen (secondary N) is 1. The minimum absolute atomic E-state index is 0. The van der Waals surface area contributed by atoms with Crippen LogP contribution in [-0.2, 0) is 0 Å². The second-order valence-electron chi connectivity index (χ2n) is 12.6. The molecule has 2 aliphatic heterocycles. The molecule has 0 saturated carbocycles. The molecule has 2 atom stereocenters. The summed E-state index contributed by atoms with van der Waals surface area (Å²) in [4.78, 5) is 24.4. The van der Waals surface area contributed by atoms with Crippen molar-refractivity contribution in [2.24, 2.45) is 11.3 Å². The maximum absolute atomic E-state index is 14.3. The predicted octanol–water partition coefficient (Wildman–Crippen LogP) is 3.99. The largest absolute Gasteiger partial charge is 0.434 e. The molecule has 2 unspecified atom stereocenters. The lowest BCUT2D eigenvalue weighted by atomic mass is 9.76. The molecule has 234 valence electrons. The lowest BCUT2D eigenvalue weighted by Crippen LogP contribution is -2.62. The van der Waals surface area contributed by atoms with Crippen molar-refractivity contribution in [3.05, 3.63) is 35.9 Å². The lowest BCUT2D eigenvalue weighted by molar-refractivity contribution is -0.0456.